The number of hydrogen-bond donors (Lipinski definition) is 1. The summed E-state index contributed by atoms with van der Waals surface area (Å²) < 4.78 is 38.2. The summed E-state index contributed by atoms with van der Waals surface area (Å²) in [4.78, 5) is 3.79. The van der Waals surface area contributed by atoms with E-state index in [1.807, 2.05) is 0 Å². The van der Waals surface area contributed by atoms with Gasteiger partial charge in [0.1, 0.15) is 0 Å². The Hall–Kier alpha value is -1.10. The van der Waals surface area contributed by atoms with Gasteiger partial charge in [-0.3, -0.25) is 4.98 Å². The molecule has 1 fully saturated rings. The largest absolute Gasteiger partial charge is 0.416 e. The van der Waals surface area contributed by atoms with Crippen molar-refractivity contribution in [2.45, 2.75) is 37.4 Å². The van der Waals surface area contributed by atoms with E-state index in [9.17, 15) is 13.2 Å². The van der Waals surface area contributed by atoms with Crippen LogP contribution in [0, 0.1) is 0 Å². The van der Waals surface area contributed by atoms with Crippen LogP contribution < -0.4 is 5.73 Å². The van der Waals surface area contributed by atoms with Crippen molar-refractivity contribution in [3.8, 4) is 0 Å². The second-order valence-electron chi connectivity index (χ2n) is 4.23. The molecule has 16 heavy (non-hydrogen) atoms. The van der Waals surface area contributed by atoms with E-state index in [1.165, 1.54) is 12.4 Å². The monoisotopic (exact) mass is 230 g/mol. The van der Waals surface area contributed by atoms with Crippen LogP contribution in [0.25, 0.3) is 0 Å². The Balaban J connectivity index is 2.34. The van der Waals surface area contributed by atoms with Gasteiger partial charge in [0.25, 0.3) is 0 Å². The van der Waals surface area contributed by atoms with Crippen molar-refractivity contribution in [2.24, 2.45) is 5.73 Å². The van der Waals surface area contributed by atoms with E-state index in [-0.39, 0.29) is 12.0 Å². The molecule has 1 saturated carbocycles. The molecule has 88 valence electrons. The molecule has 2 nitrogen and oxygen atoms in total. The fraction of sp³-hybridized carbons (Fsp3) is 0.545. The number of alkyl halides is 3. The molecule has 0 saturated heterocycles. The van der Waals surface area contributed by atoms with Gasteiger partial charge in [0.2, 0.25) is 0 Å². The first-order valence-corrected chi connectivity index (χ1v) is 5.25. The summed E-state index contributed by atoms with van der Waals surface area (Å²) in [6.45, 7) is 0. The minimum Gasteiger partial charge on any atom is -0.328 e. The van der Waals surface area contributed by atoms with Crippen molar-refractivity contribution in [1.29, 1.82) is 0 Å². The SMILES string of the molecule is NC1CCC(c2cnccc2C(F)(F)F)C1. The van der Waals surface area contributed by atoms with Crippen LogP contribution in [0.1, 0.15) is 36.3 Å². The molecule has 0 amide bonds. The Morgan fingerprint density at radius 3 is 2.62 bits per heavy atom. The number of aromatic nitrogens is 1. The van der Waals surface area contributed by atoms with Crippen LogP contribution in [0.2, 0.25) is 0 Å². The number of halogens is 3. The number of hydrogen-bond acceptors (Lipinski definition) is 2. The molecule has 2 rings (SSSR count). The first-order valence-electron chi connectivity index (χ1n) is 5.25. The highest BCUT2D eigenvalue weighted by Crippen LogP contribution is 2.40. The zero-order chi connectivity index (χ0) is 11.8. The molecule has 0 bridgehead atoms. The lowest BCUT2D eigenvalue weighted by molar-refractivity contribution is -0.138. The molecule has 1 aliphatic carbocycles. The van der Waals surface area contributed by atoms with E-state index >= 15 is 0 Å². The second-order valence-corrected chi connectivity index (χ2v) is 4.23. The van der Waals surface area contributed by atoms with Gasteiger partial charge < -0.3 is 5.73 Å². The number of nitrogens with two attached hydrogens (primary N) is 1. The van der Waals surface area contributed by atoms with Gasteiger partial charge in [-0.2, -0.15) is 13.2 Å². The van der Waals surface area contributed by atoms with E-state index in [0.717, 1.165) is 18.9 Å². The minimum absolute atomic E-state index is 0.0197. The quantitative estimate of drug-likeness (QED) is 0.805. The van der Waals surface area contributed by atoms with Gasteiger partial charge in [-0.15, -0.1) is 0 Å². The fourth-order valence-corrected chi connectivity index (χ4v) is 2.29. The van der Waals surface area contributed by atoms with Crippen LogP contribution >= 0.6 is 0 Å². The van der Waals surface area contributed by atoms with Gasteiger partial charge in [-0.25, -0.2) is 0 Å². The predicted molar refractivity (Wildman–Crippen MR) is 53.8 cm³/mol. The van der Waals surface area contributed by atoms with Crippen LogP contribution in [0.15, 0.2) is 18.5 Å². The number of rotatable bonds is 1. The van der Waals surface area contributed by atoms with Gasteiger partial charge in [-0.05, 0) is 36.8 Å². The van der Waals surface area contributed by atoms with Crippen LogP contribution in [-0.4, -0.2) is 11.0 Å². The Kier molecular flexibility index (Phi) is 2.88. The summed E-state index contributed by atoms with van der Waals surface area (Å²) in [6, 6.07) is 1.06. The summed E-state index contributed by atoms with van der Waals surface area (Å²) in [7, 11) is 0. The molecule has 1 aromatic rings. The summed E-state index contributed by atoms with van der Waals surface area (Å²) in [5, 5.41) is 0. The van der Waals surface area contributed by atoms with Gasteiger partial charge in [-0.1, -0.05) is 0 Å². The van der Waals surface area contributed by atoms with Crippen molar-refractivity contribution in [2.75, 3.05) is 0 Å². The zero-order valence-corrected chi connectivity index (χ0v) is 8.67. The molecule has 2 atom stereocenters. The normalized spacial score (nSPS) is 26.0. The Labute approximate surface area is 91.7 Å². The van der Waals surface area contributed by atoms with Gasteiger partial charge in [0.15, 0.2) is 0 Å². The first-order chi connectivity index (χ1) is 7.48. The van der Waals surface area contributed by atoms with Gasteiger partial charge in [0.05, 0.1) is 5.56 Å². The van der Waals surface area contributed by atoms with Crippen molar-refractivity contribution < 1.29 is 13.2 Å². The van der Waals surface area contributed by atoms with Gasteiger partial charge in [0, 0.05) is 18.4 Å². The van der Waals surface area contributed by atoms with Crippen molar-refractivity contribution in [1.82, 2.24) is 4.98 Å². The topological polar surface area (TPSA) is 38.9 Å². The van der Waals surface area contributed by atoms with E-state index in [4.69, 9.17) is 5.73 Å². The molecule has 5 heteroatoms. The molecular formula is C11H13F3N2. The van der Waals surface area contributed by atoms with Crippen LogP contribution in [0.5, 0.6) is 0 Å². The summed E-state index contributed by atoms with van der Waals surface area (Å²) in [6.07, 6.45) is 0.333. The lowest BCUT2D eigenvalue weighted by Gasteiger charge is -2.16. The molecule has 1 heterocycles. The van der Waals surface area contributed by atoms with Gasteiger partial charge >= 0.3 is 6.18 Å². The third-order valence-electron chi connectivity index (χ3n) is 3.07. The van der Waals surface area contributed by atoms with Crippen molar-refractivity contribution in [3.63, 3.8) is 0 Å². The standard InChI is InChI=1S/C11H13F3N2/c12-11(13,14)10-3-4-16-6-9(10)7-1-2-8(15)5-7/h3-4,6-8H,1-2,5,15H2. The summed E-state index contributed by atoms with van der Waals surface area (Å²) >= 11 is 0. The van der Waals surface area contributed by atoms with Crippen LogP contribution in [-0.2, 0) is 6.18 Å². The maximum Gasteiger partial charge on any atom is 0.416 e. The average Bonchev–Trinajstić information content (AvgIpc) is 2.64. The number of pyridine rings is 1. The molecule has 2 unspecified atom stereocenters. The van der Waals surface area contributed by atoms with Crippen LogP contribution in [0.4, 0.5) is 13.2 Å². The fourth-order valence-electron chi connectivity index (χ4n) is 2.29. The Bertz CT molecular complexity index is 376. The lowest BCUT2D eigenvalue weighted by atomic mass is 9.94. The highest BCUT2D eigenvalue weighted by molar-refractivity contribution is 5.30. The average molecular weight is 230 g/mol. The molecule has 1 aliphatic rings. The first kappa shape index (κ1) is 11.4. The predicted octanol–water partition coefficient (Wildman–Crippen LogP) is 2.70. The van der Waals surface area contributed by atoms with Crippen LogP contribution in [0.3, 0.4) is 0 Å². The smallest absolute Gasteiger partial charge is 0.328 e. The van der Waals surface area contributed by atoms with E-state index in [0.29, 0.717) is 12.0 Å². The van der Waals surface area contributed by atoms with E-state index in [2.05, 4.69) is 4.98 Å². The minimum atomic E-state index is -4.30. The highest BCUT2D eigenvalue weighted by Gasteiger charge is 2.36. The van der Waals surface area contributed by atoms with E-state index < -0.39 is 11.7 Å². The summed E-state index contributed by atoms with van der Waals surface area (Å²) in [5.41, 5.74) is 5.45. The van der Waals surface area contributed by atoms with Crippen molar-refractivity contribution in [3.05, 3.63) is 29.6 Å². The molecule has 0 radical (unpaired) electrons. The molecule has 1 aromatic heterocycles. The molecule has 0 aliphatic heterocycles. The zero-order valence-electron chi connectivity index (χ0n) is 8.67. The molecular weight excluding hydrogens is 217 g/mol. The van der Waals surface area contributed by atoms with E-state index in [1.54, 1.807) is 0 Å². The third kappa shape index (κ3) is 2.19. The molecule has 0 spiro atoms. The maximum atomic E-state index is 12.7. The molecule has 0 aromatic carbocycles. The Morgan fingerprint density at radius 1 is 1.31 bits per heavy atom. The Morgan fingerprint density at radius 2 is 2.06 bits per heavy atom. The number of nitrogens with zero attached hydrogens (tertiary/aromatic N) is 1. The second kappa shape index (κ2) is 4.05. The highest BCUT2D eigenvalue weighted by atomic mass is 19.4. The molecule has 2 N–H and O–H groups in total. The maximum absolute atomic E-state index is 12.7. The third-order valence-corrected chi connectivity index (χ3v) is 3.07. The summed E-state index contributed by atoms with van der Waals surface area (Å²) in [5.74, 6) is -0.0969. The van der Waals surface area contributed by atoms with Crippen molar-refractivity contribution >= 4 is 0 Å². The lowest BCUT2D eigenvalue weighted by Crippen LogP contribution is -2.16.